The summed E-state index contributed by atoms with van der Waals surface area (Å²) in [5.74, 6) is 0.493. The SMILES string of the molecule is COc1ccc2c(c1)c(C(=O)Nc1cc(Cl)ccc1OC)cn2C(C)=O. The fourth-order valence-corrected chi connectivity index (χ4v) is 2.92. The van der Waals surface area contributed by atoms with Crippen molar-refractivity contribution >= 4 is 40.0 Å². The van der Waals surface area contributed by atoms with Crippen LogP contribution in [0.2, 0.25) is 5.02 Å². The number of hydrogen-bond acceptors (Lipinski definition) is 4. The maximum absolute atomic E-state index is 12.9. The molecule has 0 fully saturated rings. The number of amides is 1. The first-order chi connectivity index (χ1) is 12.4. The van der Waals surface area contributed by atoms with E-state index >= 15 is 0 Å². The van der Waals surface area contributed by atoms with Gasteiger partial charge in [0.1, 0.15) is 11.5 Å². The van der Waals surface area contributed by atoms with Gasteiger partial charge in [0.05, 0.1) is 31.0 Å². The molecule has 0 bridgehead atoms. The van der Waals surface area contributed by atoms with Crippen molar-refractivity contribution in [1.29, 1.82) is 0 Å². The van der Waals surface area contributed by atoms with Gasteiger partial charge in [-0.15, -0.1) is 0 Å². The number of fused-ring (bicyclic) bond motifs is 1. The molecule has 6 nitrogen and oxygen atoms in total. The van der Waals surface area contributed by atoms with E-state index in [9.17, 15) is 9.59 Å². The van der Waals surface area contributed by atoms with Gasteiger partial charge in [-0.1, -0.05) is 11.6 Å². The van der Waals surface area contributed by atoms with Gasteiger partial charge in [-0.05, 0) is 36.4 Å². The highest BCUT2D eigenvalue weighted by Crippen LogP contribution is 2.30. The number of methoxy groups -OCH3 is 2. The van der Waals surface area contributed by atoms with Crippen LogP contribution in [0.4, 0.5) is 5.69 Å². The van der Waals surface area contributed by atoms with E-state index in [-0.39, 0.29) is 11.8 Å². The van der Waals surface area contributed by atoms with Gasteiger partial charge in [0.25, 0.3) is 5.91 Å². The maximum atomic E-state index is 12.9. The summed E-state index contributed by atoms with van der Waals surface area (Å²) in [4.78, 5) is 24.8. The molecule has 7 heteroatoms. The lowest BCUT2D eigenvalue weighted by atomic mass is 10.1. The van der Waals surface area contributed by atoms with Crippen molar-refractivity contribution in [3.8, 4) is 11.5 Å². The number of hydrogen-bond donors (Lipinski definition) is 1. The number of carbonyl (C=O) groups excluding carboxylic acids is 2. The second-order valence-corrected chi connectivity index (χ2v) is 6.05. The standard InChI is InChI=1S/C19H17ClN2O4/c1-11(23)22-10-15(14-9-13(25-2)5-6-17(14)22)19(24)21-16-8-12(20)4-7-18(16)26-3/h4-10H,1-3H3,(H,21,24). The van der Waals surface area contributed by atoms with Gasteiger partial charge in [0, 0.05) is 23.5 Å². The Kier molecular flexibility index (Phi) is 4.86. The Morgan fingerprint density at radius 2 is 1.85 bits per heavy atom. The molecule has 0 radical (unpaired) electrons. The van der Waals surface area contributed by atoms with E-state index in [4.69, 9.17) is 21.1 Å². The third kappa shape index (κ3) is 3.23. The molecule has 0 aliphatic heterocycles. The monoisotopic (exact) mass is 372 g/mol. The van der Waals surface area contributed by atoms with Gasteiger partial charge in [-0.2, -0.15) is 0 Å². The van der Waals surface area contributed by atoms with Gasteiger partial charge in [-0.25, -0.2) is 0 Å². The summed E-state index contributed by atoms with van der Waals surface area (Å²) in [6.07, 6.45) is 1.51. The quantitative estimate of drug-likeness (QED) is 0.744. The largest absolute Gasteiger partial charge is 0.497 e. The van der Waals surface area contributed by atoms with Crippen molar-refractivity contribution in [1.82, 2.24) is 4.57 Å². The Hall–Kier alpha value is -2.99. The van der Waals surface area contributed by atoms with Crippen LogP contribution < -0.4 is 14.8 Å². The lowest BCUT2D eigenvalue weighted by Crippen LogP contribution is -2.12. The number of carbonyl (C=O) groups is 2. The summed E-state index contributed by atoms with van der Waals surface area (Å²) in [7, 11) is 3.05. The van der Waals surface area contributed by atoms with Gasteiger partial charge in [0.15, 0.2) is 0 Å². The fraction of sp³-hybridized carbons (Fsp3) is 0.158. The number of rotatable bonds is 4. The molecule has 26 heavy (non-hydrogen) atoms. The first kappa shape index (κ1) is 17.8. The predicted molar refractivity (Wildman–Crippen MR) is 101 cm³/mol. The second kappa shape index (κ2) is 7.09. The van der Waals surface area contributed by atoms with Gasteiger partial charge < -0.3 is 14.8 Å². The molecule has 0 atom stereocenters. The average molecular weight is 373 g/mol. The number of anilines is 1. The first-order valence-electron chi connectivity index (χ1n) is 7.79. The van der Waals surface area contributed by atoms with Crippen LogP contribution in [0.1, 0.15) is 22.1 Å². The van der Waals surface area contributed by atoms with Crippen molar-refractivity contribution in [2.75, 3.05) is 19.5 Å². The Morgan fingerprint density at radius 1 is 1.08 bits per heavy atom. The Morgan fingerprint density at radius 3 is 2.50 bits per heavy atom. The van der Waals surface area contributed by atoms with E-state index < -0.39 is 0 Å². The molecule has 2 aromatic carbocycles. The minimum atomic E-state index is -0.385. The summed E-state index contributed by atoms with van der Waals surface area (Å²) >= 11 is 6.01. The fourth-order valence-electron chi connectivity index (χ4n) is 2.75. The van der Waals surface area contributed by atoms with E-state index in [2.05, 4.69) is 5.32 Å². The summed E-state index contributed by atoms with van der Waals surface area (Å²) in [6, 6.07) is 10.1. The summed E-state index contributed by atoms with van der Waals surface area (Å²) in [6.45, 7) is 1.44. The lowest BCUT2D eigenvalue weighted by Gasteiger charge is -2.10. The third-order valence-electron chi connectivity index (χ3n) is 4.01. The van der Waals surface area contributed by atoms with Crippen LogP contribution in [0.15, 0.2) is 42.6 Å². The number of halogens is 1. The molecule has 0 aliphatic carbocycles. The number of nitrogens with one attached hydrogen (secondary N) is 1. The Balaban J connectivity index is 2.08. The summed E-state index contributed by atoms with van der Waals surface area (Å²) in [5, 5.41) is 3.86. The number of benzene rings is 2. The molecule has 0 aliphatic rings. The Bertz CT molecular complexity index is 1010. The molecule has 1 amide bonds. The number of ether oxygens (including phenoxy) is 2. The summed E-state index contributed by atoms with van der Waals surface area (Å²) < 4.78 is 11.9. The molecule has 134 valence electrons. The molecule has 0 spiro atoms. The zero-order chi connectivity index (χ0) is 18.8. The van der Waals surface area contributed by atoms with Gasteiger partial charge in [-0.3, -0.25) is 14.2 Å². The Labute approximate surface area is 155 Å². The maximum Gasteiger partial charge on any atom is 0.257 e. The van der Waals surface area contributed by atoms with Crippen LogP contribution in [0.3, 0.4) is 0 Å². The molecule has 0 saturated carbocycles. The highest BCUT2D eigenvalue weighted by molar-refractivity contribution is 6.31. The van der Waals surface area contributed by atoms with Gasteiger partial charge >= 0.3 is 0 Å². The molecule has 0 unspecified atom stereocenters. The van der Waals surface area contributed by atoms with Crippen LogP contribution >= 0.6 is 11.6 Å². The minimum absolute atomic E-state index is 0.195. The molecular weight excluding hydrogens is 356 g/mol. The molecule has 1 N–H and O–H groups in total. The number of aromatic nitrogens is 1. The average Bonchev–Trinajstić information content (AvgIpc) is 3.01. The smallest absolute Gasteiger partial charge is 0.257 e. The third-order valence-corrected chi connectivity index (χ3v) is 4.24. The van der Waals surface area contributed by atoms with Crippen molar-refractivity contribution in [3.05, 3.63) is 53.2 Å². The van der Waals surface area contributed by atoms with Crippen molar-refractivity contribution in [2.24, 2.45) is 0 Å². The van der Waals surface area contributed by atoms with Gasteiger partial charge in [0.2, 0.25) is 5.91 Å². The topological polar surface area (TPSA) is 69.6 Å². The predicted octanol–water partition coefficient (Wildman–Crippen LogP) is 4.22. The van der Waals surface area contributed by atoms with Crippen LogP contribution in [0.25, 0.3) is 10.9 Å². The zero-order valence-corrected chi connectivity index (χ0v) is 15.3. The molecule has 3 rings (SSSR count). The van der Waals surface area contributed by atoms with Crippen molar-refractivity contribution in [3.63, 3.8) is 0 Å². The second-order valence-electron chi connectivity index (χ2n) is 5.61. The van der Waals surface area contributed by atoms with Crippen LogP contribution in [-0.2, 0) is 0 Å². The zero-order valence-electron chi connectivity index (χ0n) is 14.5. The van der Waals surface area contributed by atoms with E-state index in [1.165, 1.54) is 24.8 Å². The molecule has 1 aromatic heterocycles. The molecule has 0 saturated heterocycles. The van der Waals surface area contributed by atoms with Crippen LogP contribution in [0, 0.1) is 0 Å². The van der Waals surface area contributed by atoms with E-state index in [1.54, 1.807) is 43.5 Å². The van der Waals surface area contributed by atoms with Crippen molar-refractivity contribution < 1.29 is 19.1 Å². The minimum Gasteiger partial charge on any atom is -0.497 e. The number of nitrogens with zero attached hydrogens (tertiary/aromatic N) is 1. The molecule has 3 aromatic rings. The lowest BCUT2D eigenvalue weighted by molar-refractivity contribution is 0.0941. The van der Waals surface area contributed by atoms with Crippen LogP contribution in [0.5, 0.6) is 11.5 Å². The molecule has 1 heterocycles. The summed E-state index contributed by atoms with van der Waals surface area (Å²) in [5.41, 5.74) is 1.41. The highest BCUT2D eigenvalue weighted by Gasteiger charge is 2.19. The van der Waals surface area contributed by atoms with Crippen molar-refractivity contribution in [2.45, 2.75) is 6.92 Å². The van der Waals surface area contributed by atoms with E-state index in [1.807, 2.05) is 0 Å². The normalized spacial score (nSPS) is 10.6. The van der Waals surface area contributed by atoms with Crippen LogP contribution in [-0.4, -0.2) is 30.6 Å². The first-order valence-corrected chi connectivity index (χ1v) is 8.17. The molecular formula is C19H17ClN2O4. The van der Waals surface area contributed by atoms with E-state index in [0.29, 0.717) is 38.7 Å². The highest BCUT2D eigenvalue weighted by atomic mass is 35.5. The van der Waals surface area contributed by atoms with E-state index in [0.717, 1.165) is 0 Å².